The summed E-state index contributed by atoms with van der Waals surface area (Å²) in [5.74, 6) is -0.377. The van der Waals surface area contributed by atoms with E-state index < -0.39 is 5.97 Å². The third kappa shape index (κ3) is 3.08. The molecule has 128 valence electrons. The van der Waals surface area contributed by atoms with Gasteiger partial charge >= 0.3 is 5.97 Å². The second-order valence-corrected chi connectivity index (χ2v) is 6.66. The summed E-state index contributed by atoms with van der Waals surface area (Å²) in [7, 11) is 0. The fraction of sp³-hybridized carbons (Fsp3) is 0.588. The highest BCUT2D eigenvalue weighted by molar-refractivity contribution is 5.94. The maximum atomic E-state index is 11.6. The predicted octanol–water partition coefficient (Wildman–Crippen LogP) is 2.49. The molecule has 0 spiro atoms. The molecule has 0 radical (unpaired) electrons. The number of fused-ring (bicyclic) bond motifs is 1. The molecule has 1 N–H and O–H groups in total. The fourth-order valence-corrected chi connectivity index (χ4v) is 3.48. The molecule has 1 atom stereocenters. The summed E-state index contributed by atoms with van der Waals surface area (Å²) in [6.45, 7) is 2.31. The van der Waals surface area contributed by atoms with E-state index in [1.54, 1.807) is 6.07 Å². The highest BCUT2D eigenvalue weighted by Gasteiger charge is 2.23. The molecule has 2 fully saturated rings. The van der Waals surface area contributed by atoms with Crippen LogP contribution in [0.4, 0.5) is 0 Å². The first kappa shape index (κ1) is 15.4. The number of carboxylic acids is 1. The van der Waals surface area contributed by atoms with Gasteiger partial charge in [-0.25, -0.2) is 4.79 Å². The van der Waals surface area contributed by atoms with Crippen LogP contribution in [0.1, 0.15) is 42.5 Å². The number of pyridine rings is 1. The summed E-state index contributed by atoms with van der Waals surface area (Å²) in [6, 6.07) is 1.61. The molecule has 1 aliphatic carbocycles. The Bertz CT molecular complexity index is 746. The van der Waals surface area contributed by atoms with Gasteiger partial charge in [0, 0.05) is 30.7 Å². The number of ether oxygens (including phenoxy) is 2. The number of nitrogens with zero attached hydrogens (tertiary/aromatic N) is 3. The first-order valence-corrected chi connectivity index (χ1v) is 8.55. The van der Waals surface area contributed by atoms with E-state index in [9.17, 15) is 9.90 Å². The second-order valence-electron chi connectivity index (χ2n) is 6.66. The average molecular weight is 331 g/mol. The van der Waals surface area contributed by atoms with Crippen LogP contribution in [0.2, 0.25) is 0 Å². The number of aromatic carboxylic acids is 1. The van der Waals surface area contributed by atoms with Crippen LogP contribution in [-0.4, -0.2) is 45.2 Å². The molecule has 2 aliphatic rings. The smallest absolute Gasteiger partial charge is 0.341 e. The molecule has 1 saturated carbocycles. The van der Waals surface area contributed by atoms with Gasteiger partial charge in [-0.1, -0.05) is 0 Å². The van der Waals surface area contributed by atoms with Crippen molar-refractivity contribution < 1.29 is 19.4 Å². The second kappa shape index (κ2) is 6.39. The van der Waals surface area contributed by atoms with Crippen LogP contribution in [-0.2, 0) is 11.3 Å². The van der Waals surface area contributed by atoms with E-state index in [0.29, 0.717) is 11.6 Å². The zero-order valence-corrected chi connectivity index (χ0v) is 13.5. The lowest BCUT2D eigenvalue weighted by atomic mass is 10.1. The zero-order chi connectivity index (χ0) is 16.5. The van der Waals surface area contributed by atoms with Crippen LogP contribution in [0.15, 0.2) is 12.3 Å². The van der Waals surface area contributed by atoms with Crippen molar-refractivity contribution in [3.8, 4) is 5.88 Å². The molecule has 1 unspecified atom stereocenters. The topological polar surface area (TPSA) is 86.5 Å². The first-order valence-electron chi connectivity index (χ1n) is 8.55. The van der Waals surface area contributed by atoms with Gasteiger partial charge in [0.2, 0.25) is 5.88 Å². The molecule has 0 aromatic carbocycles. The number of carbonyl (C=O) groups is 1. The number of carboxylic acid groups (broad SMARTS) is 1. The summed E-state index contributed by atoms with van der Waals surface area (Å²) < 4.78 is 13.1. The minimum Gasteiger partial charge on any atom is -0.477 e. The number of rotatable bonds is 5. The number of hydrogen-bond acceptors (Lipinski definition) is 5. The molecule has 7 nitrogen and oxygen atoms in total. The van der Waals surface area contributed by atoms with Gasteiger partial charge < -0.3 is 14.6 Å². The van der Waals surface area contributed by atoms with Gasteiger partial charge in [0.15, 0.2) is 5.65 Å². The Morgan fingerprint density at radius 2 is 2.21 bits per heavy atom. The fourth-order valence-electron chi connectivity index (χ4n) is 3.48. The first-order chi connectivity index (χ1) is 11.7. The van der Waals surface area contributed by atoms with E-state index in [2.05, 4.69) is 10.1 Å². The van der Waals surface area contributed by atoms with Crippen LogP contribution < -0.4 is 4.74 Å². The van der Waals surface area contributed by atoms with Crippen molar-refractivity contribution in [1.29, 1.82) is 0 Å². The molecule has 0 bridgehead atoms. The molecule has 2 aromatic heterocycles. The van der Waals surface area contributed by atoms with E-state index in [0.717, 1.165) is 57.2 Å². The van der Waals surface area contributed by atoms with Gasteiger partial charge in [0.25, 0.3) is 0 Å². The van der Waals surface area contributed by atoms with Crippen LogP contribution in [0.5, 0.6) is 5.88 Å². The van der Waals surface area contributed by atoms with E-state index in [-0.39, 0.29) is 17.5 Å². The van der Waals surface area contributed by atoms with Crippen molar-refractivity contribution in [2.75, 3.05) is 13.2 Å². The lowest BCUT2D eigenvalue weighted by molar-refractivity contribution is 0.0688. The Morgan fingerprint density at radius 3 is 2.92 bits per heavy atom. The van der Waals surface area contributed by atoms with Crippen molar-refractivity contribution in [2.45, 2.75) is 44.8 Å². The molecule has 1 aliphatic heterocycles. The normalized spacial score (nSPS) is 21.6. The monoisotopic (exact) mass is 331 g/mol. The molecule has 24 heavy (non-hydrogen) atoms. The Morgan fingerprint density at radius 1 is 1.38 bits per heavy atom. The van der Waals surface area contributed by atoms with Gasteiger partial charge in [0.05, 0.1) is 6.61 Å². The summed E-state index contributed by atoms with van der Waals surface area (Å²) in [5.41, 5.74) is 0.644. The zero-order valence-electron chi connectivity index (χ0n) is 13.5. The Labute approximate surface area is 139 Å². The van der Waals surface area contributed by atoms with Crippen LogP contribution in [0.3, 0.4) is 0 Å². The third-order valence-corrected chi connectivity index (χ3v) is 4.79. The SMILES string of the molecule is O=C(O)c1cc2cn(CC3CCOC3)nc2nc1OC1CCCC1. The molecular weight excluding hydrogens is 310 g/mol. The van der Waals surface area contributed by atoms with E-state index in [1.807, 2.05) is 10.9 Å². The maximum absolute atomic E-state index is 11.6. The molecule has 1 saturated heterocycles. The van der Waals surface area contributed by atoms with E-state index in [4.69, 9.17) is 9.47 Å². The molecule has 2 aromatic rings. The summed E-state index contributed by atoms with van der Waals surface area (Å²) in [6.07, 6.45) is 7.09. The summed E-state index contributed by atoms with van der Waals surface area (Å²) >= 11 is 0. The highest BCUT2D eigenvalue weighted by atomic mass is 16.5. The predicted molar refractivity (Wildman–Crippen MR) is 86.3 cm³/mol. The minimum absolute atomic E-state index is 0.0609. The van der Waals surface area contributed by atoms with E-state index in [1.165, 1.54) is 0 Å². The van der Waals surface area contributed by atoms with Gasteiger partial charge in [-0.2, -0.15) is 10.1 Å². The third-order valence-electron chi connectivity index (χ3n) is 4.79. The molecule has 7 heteroatoms. The van der Waals surface area contributed by atoms with Crippen molar-refractivity contribution in [2.24, 2.45) is 5.92 Å². The number of aromatic nitrogens is 3. The lowest BCUT2D eigenvalue weighted by Crippen LogP contribution is -2.15. The summed E-state index contributed by atoms with van der Waals surface area (Å²) in [4.78, 5) is 15.9. The van der Waals surface area contributed by atoms with Crippen molar-refractivity contribution in [1.82, 2.24) is 14.8 Å². The molecule has 4 rings (SSSR count). The minimum atomic E-state index is -1.02. The lowest BCUT2D eigenvalue weighted by Gasteiger charge is -2.13. The largest absolute Gasteiger partial charge is 0.477 e. The van der Waals surface area contributed by atoms with Crippen LogP contribution in [0.25, 0.3) is 11.0 Å². The highest BCUT2D eigenvalue weighted by Crippen LogP contribution is 2.28. The summed E-state index contributed by atoms with van der Waals surface area (Å²) in [5, 5.41) is 14.7. The standard InChI is InChI=1S/C17H21N3O4/c21-17(22)14-7-12-9-20(8-11-5-6-23-10-11)19-15(12)18-16(14)24-13-3-1-2-4-13/h7,9,11,13H,1-6,8,10H2,(H,21,22). The van der Waals surface area contributed by atoms with Gasteiger partial charge in [-0.15, -0.1) is 0 Å². The molecular formula is C17H21N3O4. The van der Waals surface area contributed by atoms with E-state index >= 15 is 0 Å². The van der Waals surface area contributed by atoms with Crippen molar-refractivity contribution in [3.05, 3.63) is 17.8 Å². The van der Waals surface area contributed by atoms with Gasteiger partial charge in [0.1, 0.15) is 11.7 Å². The molecule has 3 heterocycles. The number of hydrogen-bond donors (Lipinski definition) is 1. The Kier molecular flexibility index (Phi) is 4.10. The van der Waals surface area contributed by atoms with Crippen LogP contribution in [0, 0.1) is 5.92 Å². The maximum Gasteiger partial charge on any atom is 0.341 e. The van der Waals surface area contributed by atoms with Gasteiger partial charge in [-0.05, 0) is 38.2 Å². The van der Waals surface area contributed by atoms with Crippen LogP contribution >= 0.6 is 0 Å². The van der Waals surface area contributed by atoms with Crippen molar-refractivity contribution in [3.63, 3.8) is 0 Å². The Hall–Kier alpha value is -2.15. The van der Waals surface area contributed by atoms with Crippen molar-refractivity contribution >= 4 is 17.0 Å². The molecule has 0 amide bonds. The quantitative estimate of drug-likeness (QED) is 0.906. The van der Waals surface area contributed by atoms with Gasteiger partial charge in [-0.3, -0.25) is 4.68 Å². The average Bonchev–Trinajstić information content (AvgIpc) is 3.28. The Balaban J connectivity index is 1.63.